The van der Waals surface area contributed by atoms with Gasteiger partial charge in [-0.15, -0.1) is 0 Å². The quantitative estimate of drug-likeness (QED) is 0.247. The second-order valence-electron chi connectivity index (χ2n) is 8.14. The van der Waals surface area contributed by atoms with Gasteiger partial charge in [0, 0.05) is 40.3 Å². The highest BCUT2D eigenvalue weighted by Gasteiger charge is 2.09. The van der Waals surface area contributed by atoms with Gasteiger partial charge in [0.05, 0.1) is 5.52 Å². The number of nitrogens with one attached hydrogen (secondary N) is 2. The molecule has 34 heavy (non-hydrogen) atoms. The summed E-state index contributed by atoms with van der Waals surface area (Å²) in [6, 6.07) is 10.1. The van der Waals surface area contributed by atoms with Gasteiger partial charge in [0.15, 0.2) is 0 Å². The standard InChI is InChI=1S/C24H35N7.3ClH/c1-6-31(7-2)12-8-9-16(3)27-24-28-18(5)14-23(30-24)29-19-10-11-22-20(15-19)21(25)13-17(4)26-22;;;/h10-11,13-16H,6-9,12H2,1-5H3,(H2,25,26)(H2,27,28,29,30);3*1H/p-3. The van der Waals surface area contributed by atoms with Gasteiger partial charge in [-0.25, -0.2) is 4.98 Å². The lowest BCUT2D eigenvalue weighted by atomic mass is 10.1. The van der Waals surface area contributed by atoms with Crippen LogP contribution in [-0.4, -0.2) is 45.5 Å². The molecule has 0 bridgehead atoms. The van der Waals surface area contributed by atoms with Crippen molar-refractivity contribution in [3.05, 3.63) is 41.7 Å². The molecule has 0 aliphatic carbocycles. The molecule has 190 valence electrons. The monoisotopic (exact) mass is 526 g/mol. The molecule has 2 aromatic heterocycles. The summed E-state index contributed by atoms with van der Waals surface area (Å²) in [4.78, 5) is 16.2. The zero-order chi connectivity index (χ0) is 22.4. The normalized spacial score (nSPS) is 11.2. The number of hydrogen-bond acceptors (Lipinski definition) is 7. The Hall–Kier alpha value is -2.06. The third-order valence-electron chi connectivity index (χ3n) is 5.48. The average Bonchev–Trinajstić information content (AvgIpc) is 2.71. The Morgan fingerprint density at radius 2 is 1.62 bits per heavy atom. The topological polar surface area (TPSA) is 92.0 Å². The number of benzene rings is 1. The highest BCUT2D eigenvalue weighted by Crippen LogP contribution is 2.26. The maximum Gasteiger partial charge on any atom is 0.225 e. The van der Waals surface area contributed by atoms with Crippen molar-refractivity contribution in [2.75, 3.05) is 36.0 Å². The molecular formula is C24H35Cl3N7-3. The Labute approximate surface area is 222 Å². The van der Waals surface area contributed by atoms with E-state index in [0.29, 0.717) is 12.0 Å². The minimum Gasteiger partial charge on any atom is -1.00 e. The smallest absolute Gasteiger partial charge is 0.225 e. The van der Waals surface area contributed by atoms with E-state index in [1.165, 1.54) is 0 Å². The van der Waals surface area contributed by atoms with Crippen LogP contribution in [0.1, 0.15) is 45.0 Å². The first kappa shape index (κ1) is 31.9. The summed E-state index contributed by atoms with van der Waals surface area (Å²) >= 11 is 0. The largest absolute Gasteiger partial charge is 1.00 e. The first-order chi connectivity index (χ1) is 14.9. The van der Waals surface area contributed by atoms with Crippen LogP contribution in [0.5, 0.6) is 0 Å². The van der Waals surface area contributed by atoms with E-state index in [2.05, 4.69) is 51.3 Å². The lowest BCUT2D eigenvalue weighted by Crippen LogP contribution is -3.00. The molecule has 0 saturated carbocycles. The number of pyridine rings is 1. The SMILES string of the molecule is CCN(CC)CCCC(C)Nc1nc(C)cc(Nc2ccc3nc(C)cc(N)c3c2)n1.[Cl-].[Cl-].[Cl-]. The van der Waals surface area contributed by atoms with Crippen LogP contribution in [0, 0.1) is 13.8 Å². The first-order valence-corrected chi connectivity index (χ1v) is 11.2. The number of aryl methyl sites for hydroxylation is 2. The van der Waals surface area contributed by atoms with Gasteiger partial charge in [0.1, 0.15) is 5.82 Å². The summed E-state index contributed by atoms with van der Waals surface area (Å²) in [6.45, 7) is 13.9. The number of rotatable bonds is 10. The summed E-state index contributed by atoms with van der Waals surface area (Å²) in [6.07, 6.45) is 2.23. The molecule has 3 rings (SSSR count). The number of aromatic nitrogens is 3. The van der Waals surface area contributed by atoms with Crippen LogP contribution < -0.4 is 53.6 Å². The molecule has 0 saturated heterocycles. The second-order valence-corrected chi connectivity index (χ2v) is 8.14. The number of anilines is 4. The number of nitrogens with zero attached hydrogens (tertiary/aromatic N) is 4. The highest BCUT2D eigenvalue weighted by atomic mass is 35.5. The third-order valence-corrected chi connectivity index (χ3v) is 5.48. The summed E-state index contributed by atoms with van der Waals surface area (Å²) in [5.41, 5.74) is 10.6. The molecule has 0 aliphatic rings. The van der Waals surface area contributed by atoms with Crippen LogP contribution in [0.25, 0.3) is 10.9 Å². The van der Waals surface area contributed by atoms with Crippen molar-refractivity contribution in [3.63, 3.8) is 0 Å². The number of hydrogen-bond donors (Lipinski definition) is 3. The minimum atomic E-state index is 0. The van der Waals surface area contributed by atoms with E-state index in [1.807, 2.05) is 44.2 Å². The summed E-state index contributed by atoms with van der Waals surface area (Å²) in [7, 11) is 0. The van der Waals surface area contributed by atoms with Crippen molar-refractivity contribution in [1.29, 1.82) is 0 Å². The van der Waals surface area contributed by atoms with E-state index in [-0.39, 0.29) is 37.2 Å². The molecular weight excluding hydrogens is 493 g/mol. The van der Waals surface area contributed by atoms with E-state index in [4.69, 9.17) is 5.73 Å². The minimum absolute atomic E-state index is 0. The Morgan fingerprint density at radius 1 is 0.941 bits per heavy atom. The molecule has 1 aromatic carbocycles. The molecule has 0 fully saturated rings. The third kappa shape index (κ3) is 8.95. The molecule has 3 aromatic rings. The van der Waals surface area contributed by atoms with Crippen molar-refractivity contribution in [2.45, 2.75) is 53.5 Å². The Bertz CT molecular complexity index is 1030. The molecule has 1 unspecified atom stereocenters. The maximum absolute atomic E-state index is 6.19. The number of fused-ring (bicyclic) bond motifs is 1. The van der Waals surface area contributed by atoms with E-state index >= 15 is 0 Å². The predicted molar refractivity (Wildman–Crippen MR) is 131 cm³/mol. The van der Waals surface area contributed by atoms with Crippen molar-refractivity contribution >= 4 is 34.0 Å². The van der Waals surface area contributed by atoms with Crippen molar-refractivity contribution in [1.82, 2.24) is 19.9 Å². The number of halogens is 3. The van der Waals surface area contributed by atoms with Crippen LogP contribution in [-0.2, 0) is 0 Å². The van der Waals surface area contributed by atoms with Gasteiger partial charge in [-0.05, 0) is 77.5 Å². The molecule has 2 heterocycles. The van der Waals surface area contributed by atoms with Crippen LogP contribution in [0.4, 0.5) is 23.1 Å². The van der Waals surface area contributed by atoms with Crippen molar-refractivity contribution < 1.29 is 37.2 Å². The van der Waals surface area contributed by atoms with Gasteiger partial charge < -0.3 is 58.5 Å². The molecule has 1 atom stereocenters. The van der Waals surface area contributed by atoms with E-state index in [1.54, 1.807) is 0 Å². The molecule has 0 aliphatic heterocycles. The highest BCUT2D eigenvalue weighted by molar-refractivity contribution is 5.93. The van der Waals surface area contributed by atoms with Crippen LogP contribution >= 0.6 is 0 Å². The van der Waals surface area contributed by atoms with Crippen molar-refractivity contribution in [3.8, 4) is 0 Å². The Balaban J connectivity index is 0.00000363. The van der Waals surface area contributed by atoms with Crippen LogP contribution in [0.15, 0.2) is 30.3 Å². The van der Waals surface area contributed by atoms with E-state index in [0.717, 1.165) is 72.0 Å². The molecule has 7 nitrogen and oxygen atoms in total. The fourth-order valence-corrected chi connectivity index (χ4v) is 3.77. The first-order valence-electron chi connectivity index (χ1n) is 11.2. The van der Waals surface area contributed by atoms with Gasteiger partial charge in [0.2, 0.25) is 5.95 Å². The Kier molecular flexibility index (Phi) is 14.1. The second kappa shape index (κ2) is 15.0. The number of nitrogens with two attached hydrogens (primary N) is 1. The summed E-state index contributed by atoms with van der Waals surface area (Å²) in [5.74, 6) is 1.40. The zero-order valence-electron chi connectivity index (χ0n) is 20.5. The molecule has 0 amide bonds. The van der Waals surface area contributed by atoms with Crippen LogP contribution in [0.2, 0.25) is 0 Å². The van der Waals surface area contributed by atoms with Gasteiger partial charge in [-0.3, -0.25) is 4.98 Å². The molecule has 10 heteroatoms. The fourth-order valence-electron chi connectivity index (χ4n) is 3.77. The lowest BCUT2D eigenvalue weighted by Gasteiger charge is -2.20. The lowest BCUT2D eigenvalue weighted by molar-refractivity contribution is -0.00100. The Morgan fingerprint density at radius 3 is 2.29 bits per heavy atom. The van der Waals surface area contributed by atoms with Gasteiger partial charge in [-0.1, -0.05) is 13.8 Å². The van der Waals surface area contributed by atoms with E-state index in [9.17, 15) is 0 Å². The van der Waals surface area contributed by atoms with Gasteiger partial charge in [-0.2, -0.15) is 4.98 Å². The van der Waals surface area contributed by atoms with Gasteiger partial charge >= 0.3 is 0 Å². The van der Waals surface area contributed by atoms with Gasteiger partial charge in [0.25, 0.3) is 0 Å². The summed E-state index contributed by atoms with van der Waals surface area (Å²) < 4.78 is 0. The van der Waals surface area contributed by atoms with Crippen LogP contribution in [0.3, 0.4) is 0 Å². The molecule has 0 radical (unpaired) electrons. The van der Waals surface area contributed by atoms with E-state index < -0.39 is 0 Å². The molecule has 4 N–H and O–H groups in total. The zero-order valence-corrected chi connectivity index (χ0v) is 22.8. The summed E-state index contributed by atoms with van der Waals surface area (Å²) in [5, 5.41) is 7.77. The number of nitrogen functional groups attached to an aromatic ring is 1. The average molecular weight is 528 g/mol. The fraction of sp³-hybridized carbons (Fsp3) is 0.458. The maximum atomic E-state index is 6.19. The molecule has 0 spiro atoms. The van der Waals surface area contributed by atoms with Crippen molar-refractivity contribution in [2.24, 2.45) is 0 Å². The predicted octanol–water partition coefficient (Wildman–Crippen LogP) is -4.10.